The number of rotatable bonds is 20. The standard InChI is InChI=1S/C41H59N2O5.HI/c1-7-8-9-10-11-12-13-14-15-16-17-20-29-47-38-24-23-34(30-36(38)41(2,3)4)32-48-40(45)43(31-33-25-27-42(5)28-26-33)39(44)35-21-18-19-22-37(35)46-6;/h18-19,21-28,30H,7-17,20,29,31-32H2,1-6H3;1H/q+1;/p-1. The van der Waals surface area contributed by atoms with Gasteiger partial charge in [0.1, 0.15) is 25.2 Å². The van der Waals surface area contributed by atoms with E-state index >= 15 is 0 Å². The van der Waals surface area contributed by atoms with Crippen LogP contribution in [-0.2, 0) is 30.4 Å². The van der Waals surface area contributed by atoms with Gasteiger partial charge in [-0.25, -0.2) is 14.3 Å². The van der Waals surface area contributed by atoms with E-state index in [0.29, 0.717) is 17.9 Å². The van der Waals surface area contributed by atoms with Crippen molar-refractivity contribution in [2.45, 2.75) is 123 Å². The molecule has 1 heterocycles. The van der Waals surface area contributed by atoms with Gasteiger partial charge in [-0.15, -0.1) is 0 Å². The van der Waals surface area contributed by atoms with Crippen LogP contribution in [0.25, 0.3) is 0 Å². The topological polar surface area (TPSA) is 69.0 Å². The average molecular weight is 787 g/mol. The molecule has 2 amide bonds. The summed E-state index contributed by atoms with van der Waals surface area (Å²) in [6.45, 7) is 9.51. The fourth-order valence-electron chi connectivity index (χ4n) is 5.73. The Morgan fingerprint density at radius 1 is 0.755 bits per heavy atom. The summed E-state index contributed by atoms with van der Waals surface area (Å²) in [5.74, 6) is 0.780. The monoisotopic (exact) mass is 786 g/mol. The van der Waals surface area contributed by atoms with Crippen molar-refractivity contribution in [3.05, 3.63) is 89.2 Å². The largest absolute Gasteiger partial charge is 1.00 e. The maximum atomic E-state index is 13.7. The molecule has 3 aromatic rings. The minimum absolute atomic E-state index is 0. The van der Waals surface area contributed by atoms with Gasteiger partial charge in [-0.2, -0.15) is 0 Å². The summed E-state index contributed by atoms with van der Waals surface area (Å²) in [7, 11) is 3.42. The minimum Gasteiger partial charge on any atom is -1.00 e. The summed E-state index contributed by atoms with van der Waals surface area (Å²) >= 11 is 0. The van der Waals surface area contributed by atoms with Crippen molar-refractivity contribution in [3.8, 4) is 11.5 Å². The molecule has 8 heteroatoms. The number of hydrogen-bond donors (Lipinski definition) is 0. The lowest BCUT2D eigenvalue weighted by Crippen LogP contribution is -3.00. The Kier molecular flexibility index (Phi) is 19.3. The molecule has 0 spiro atoms. The number of carbonyl (C=O) groups excluding carboxylic acids is 2. The van der Waals surface area contributed by atoms with Crippen molar-refractivity contribution < 1.29 is 52.3 Å². The maximum absolute atomic E-state index is 13.7. The lowest BCUT2D eigenvalue weighted by Gasteiger charge is -2.24. The van der Waals surface area contributed by atoms with Crippen LogP contribution in [0.1, 0.15) is 132 Å². The Labute approximate surface area is 312 Å². The van der Waals surface area contributed by atoms with Crippen LogP contribution in [0, 0.1) is 0 Å². The summed E-state index contributed by atoms with van der Waals surface area (Å²) in [6, 6.07) is 16.6. The van der Waals surface area contributed by atoms with Crippen LogP contribution in [0.5, 0.6) is 11.5 Å². The minimum atomic E-state index is -0.719. The number of hydrogen-bond acceptors (Lipinski definition) is 5. The van der Waals surface area contributed by atoms with Crippen LogP contribution in [0.4, 0.5) is 4.79 Å². The molecule has 7 nitrogen and oxygen atoms in total. The van der Waals surface area contributed by atoms with Gasteiger partial charge in [0, 0.05) is 12.1 Å². The molecule has 0 aliphatic carbocycles. The second kappa shape index (κ2) is 22.6. The Morgan fingerprint density at radius 3 is 1.94 bits per heavy atom. The number of benzene rings is 2. The van der Waals surface area contributed by atoms with Gasteiger partial charge in [0.25, 0.3) is 5.91 Å². The smallest absolute Gasteiger partial charge is 0.417 e. The third-order valence-corrected chi connectivity index (χ3v) is 8.66. The number of ether oxygens (including phenoxy) is 3. The number of methoxy groups -OCH3 is 1. The van der Waals surface area contributed by atoms with Crippen molar-refractivity contribution in [3.63, 3.8) is 0 Å². The van der Waals surface area contributed by atoms with Crippen LogP contribution < -0.4 is 38.0 Å². The van der Waals surface area contributed by atoms with Gasteiger partial charge in [0.15, 0.2) is 12.4 Å². The van der Waals surface area contributed by atoms with E-state index in [0.717, 1.165) is 33.8 Å². The molecule has 0 radical (unpaired) electrons. The van der Waals surface area contributed by atoms with Gasteiger partial charge in [-0.05, 0) is 52.8 Å². The third kappa shape index (κ3) is 14.7. The zero-order valence-electron chi connectivity index (χ0n) is 30.8. The van der Waals surface area contributed by atoms with Crippen molar-refractivity contribution in [2.75, 3.05) is 13.7 Å². The Hall–Kier alpha value is -3.14. The molecule has 2 aromatic carbocycles. The van der Waals surface area contributed by atoms with E-state index in [1.54, 1.807) is 24.3 Å². The quantitative estimate of drug-likeness (QED) is 0.0711. The molecule has 0 aliphatic heterocycles. The van der Waals surface area contributed by atoms with E-state index in [-0.39, 0.29) is 42.5 Å². The normalized spacial score (nSPS) is 11.1. The molecule has 0 saturated heterocycles. The second-order valence-electron chi connectivity index (χ2n) is 13.8. The number of amides is 2. The zero-order valence-corrected chi connectivity index (χ0v) is 32.9. The number of pyridine rings is 1. The highest BCUT2D eigenvalue weighted by molar-refractivity contribution is 6.04. The van der Waals surface area contributed by atoms with E-state index in [1.807, 2.05) is 48.3 Å². The van der Waals surface area contributed by atoms with Crippen molar-refractivity contribution in [2.24, 2.45) is 7.05 Å². The van der Waals surface area contributed by atoms with Crippen LogP contribution in [-0.4, -0.2) is 30.6 Å². The van der Waals surface area contributed by atoms with Crippen molar-refractivity contribution in [1.29, 1.82) is 0 Å². The summed E-state index contributed by atoms with van der Waals surface area (Å²) in [5.41, 5.74) is 2.83. The number of nitrogens with zero attached hydrogens (tertiary/aromatic N) is 2. The van der Waals surface area contributed by atoms with Gasteiger partial charge in [-0.3, -0.25) is 4.79 Å². The fraction of sp³-hybridized carbons (Fsp3) is 0.537. The summed E-state index contributed by atoms with van der Waals surface area (Å²) in [4.78, 5) is 28.3. The first kappa shape index (κ1) is 42.0. The van der Waals surface area contributed by atoms with Crippen LogP contribution in [0.3, 0.4) is 0 Å². The molecule has 0 N–H and O–H groups in total. The molecular formula is C41H59IN2O5. The molecule has 3 rings (SSSR count). The van der Waals surface area contributed by atoms with Crippen LogP contribution in [0.2, 0.25) is 0 Å². The lowest BCUT2D eigenvalue weighted by atomic mass is 9.85. The van der Waals surface area contributed by atoms with Gasteiger partial charge in [-0.1, -0.05) is 117 Å². The van der Waals surface area contributed by atoms with E-state index in [4.69, 9.17) is 14.2 Å². The lowest BCUT2D eigenvalue weighted by molar-refractivity contribution is -0.671. The Bertz CT molecular complexity index is 1400. The van der Waals surface area contributed by atoms with Gasteiger partial charge >= 0.3 is 6.09 Å². The Balaban J connectivity index is 0.00000833. The van der Waals surface area contributed by atoms with E-state index < -0.39 is 12.0 Å². The number of aryl methyl sites for hydroxylation is 1. The van der Waals surface area contributed by atoms with E-state index in [2.05, 4.69) is 33.8 Å². The number of halogens is 1. The van der Waals surface area contributed by atoms with Gasteiger partial charge in [0.05, 0.1) is 25.8 Å². The number of para-hydroxylation sites is 1. The highest BCUT2D eigenvalue weighted by Gasteiger charge is 2.28. The fourth-order valence-corrected chi connectivity index (χ4v) is 5.73. The predicted octanol–water partition coefficient (Wildman–Crippen LogP) is 6.88. The molecule has 0 saturated carbocycles. The molecule has 0 aliphatic rings. The van der Waals surface area contributed by atoms with E-state index in [1.165, 1.54) is 77.7 Å². The van der Waals surface area contributed by atoms with Gasteiger partial charge < -0.3 is 38.2 Å². The van der Waals surface area contributed by atoms with Gasteiger partial charge in [0.2, 0.25) is 0 Å². The average Bonchev–Trinajstić information content (AvgIpc) is 3.08. The molecule has 49 heavy (non-hydrogen) atoms. The third-order valence-electron chi connectivity index (χ3n) is 8.66. The maximum Gasteiger partial charge on any atom is 0.417 e. The Morgan fingerprint density at radius 2 is 1.35 bits per heavy atom. The zero-order chi connectivity index (χ0) is 34.8. The number of imide groups is 1. The molecule has 0 unspecified atom stereocenters. The summed E-state index contributed by atoms with van der Waals surface area (Å²) in [6.07, 6.45) is 18.8. The number of carbonyl (C=O) groups is 2. The van der Waals surface area contributed by atoms with Crippen LogP contribution in [0.15, 0.2) is 67.0 Å². The van der Waals surface area contributed by atoms with E-state index in [9.17, 15) is 9.59 Å². The molecule has 0 bridgehead atoms. The van der Waals surface area contributed by atoms with Crippen molar-refractivity contribution in [1.82, 2.24) is 4.90 Å². The number of aromatic nitrogens is 1. The molecule has 0 fully saturated rings. The molecular weight excluding hydrogens is 727 g/mol. The first-order valence-corrected chi connectivity index (χ1v) is 18.0. The first-order valence-electron chi connectivity index (χ1n) is 18.0. The van der Waals surface area contributed by atoms with Crippen molar-refractivity contribution >= 4 is 12.0 Å². The number of unbranched alkanes of at least 4 members (excludes halogenated alkanes) is 11. The van der Waals surface area contributed by atoms with Crippen LogP contribution >= 0.6 is 0 Å². The summed E-state index contributed by atoms with van der Waals surface area (Å²) in [5, 5.41) is 0. The molecule has 270 valence electrons. The highest BCUT2D eigenvalue weighted by atomic mass is 127. The molecule has 0 atom stereocenters. The molecule has 1 aromatic heterocycles. The highest BCUT2D eigenvalue weighted by Crippen LogP contribution is 2.33. The summed E-state index contributed by atoms with van der Waals surface area (Å²) < 4.78 is 19.4. The SMILES string of the molecule is CCCCCCCCCCCCCCOc1ccc(COC(=O)N(Cc2cc[n+](C)cc2)C(=O)c2ccccc2OC)cc1C(C)(C)C.[I-]. The second-order valence-corrected chi connectivity index (χ2v) is 13.8. The first-order chi connectivity index (χ1) is 23.1. The predicted molar refractivity (Wildman–Crippen MR) is 192 cm³/mol.